The second-order valence-electron chi connectivity index (χ2n) is 11.0. The molecule has 0 radical (unpaired) electrons. The van der Waals surface area contributed by atoms with Gasteiger partial charge in [-0.15, -0.1) is 0 Å². The van der Waals surface area contributed by atoms with Gasteiger partial charge < -0.3 is 19.3 Å². The van der Waals surface area contributed by atoms with Gasteiger partial charge in [-0.3, -0.25) is 19.5 Å². The monoisotopic (exact) mass is 666 g/mol. The van der Waals surface area contributed by atoms with Gasteiger partial charge in [-0.1, -0.05) is 75.2 Å². The highest BCUT2D eigenvalue weighted by atomic mass is 35.5. The summed E-state index contributed by atoms with van der Waals surface area (Å²) >= 11 is 12.5. The molecule has 46 heavy (non-hydrogen) atoms. The summed E-state index contributed by atoms with van der Waals surface area (Å²) in [5.41, 5.74) is 2.24. The Balaban J connectivity index is 0.00000235. The molecular weight excluding hydrogens is 627 g/mol. The number of halogens is 2. The van der Waals surface area contributed by atoms with Crippen LogP contribution in [0.3, 0.4) is 0 Å². The van der Waals surface area contributed by atoms with Crippen LogP contribution in [0.2, 0.25) is 10.0 Å². The largest absolute Gasteiger partial charge is 0.497 e. The van der Waals surface area contributed by atoms with Crippen molar-refractivity contribution in [2.45, 2.75) is 39.8 Å². The van der Waals surface area contributed by atoms with Crippen molar-refractivity contribution in [3.8, 4) is 11.5 Å². The fraction of sp³-hybridized carbons (Fsp3) is 0.371. The lowest BCUT2D eigenvalue weighted by atomic mass is 9.93. The quantitative estimate of drug-likeness (QED) is 0.256. The molecule has 3 amide bonds. The molecular formula is C35H40Cl2N4O5. The molecule has 11 heteroatoms. The molecule has 0 aliphatic carbocycles. The van der Waals surface area contributed by atoms with Crippen molar-refractivity contribution in [1.82, 2.24) is 14.7 Å². The molecule has 2 aliphatic heterocycles. The van der Waals surface area contributed by atoms with Crippen molar-refractivity contribution in [3.05, 3.63) is 93.5 Å². The molecule has 2 atom stereocenters. The van der Waals surface area contributed by atoms with E-state index >= 15 is 0 Å². The molecule has 244 valence electrons. The van der Waals surface area contributed by atoms with Crippen molar-refractivity contribution >= 4 is 46.8 Å². The molecule has 0 aromatic heterocycles. The average molecular weight is 668 g/mol. The zero-order chi connectivity index (χ0) is 33.5. The molecule has 3 aromatic rings. The van der Waals surface area contributed by atoms with E-state index < -0.39 is 12.1 Å². The van der Waals surface area contributed by atoms with Crippen LogP contribution in [0.1, 0.15) is 56.5 Å². The van der Waals surface area contributed by atoms with Gasteiger partial charge in [0.25, 0.3) is 0 Å². The molecule has 0 N–H and O–H groups in total. The second-order valence-corrected chi connectivity index (χ2v) is 11.9. The third kappa shape index (κ3) is 7.48. The van der Waals surface area contributed by atoms with Crippen LogP contribution in [0.5, 0.6) is 11.5 Å². The van der Waals surface area contributed by atoms with Crippen LogP contribution in [0.15, 0.2) is 71.7 Å². The molecule has 2 aliphatic rings. The maximum atomic E-state index is 14.6. The summed E-state index contributed by atoms with van der Waals surface area (Å²) in [5, 5.41) is 1.14. The van der Waals surface area contributed by atoms with E-state index in [0.29, 0.717) is 32.9 Å². The maximum Gasteiger partial charge on any atom is 0.326 e. The fourth-order valence-electron chi connectivity index (χ4n) is 5.40. The molecule has 0 bridgehead atoms. The Morgan fingerprint density at radius 1 is 0.891 bits per heavy atom. The Morgan fingerprint density at radius 2 is 1.50 bits per heavy atom. The van der Waals surface area contributed by atoms with Gasteiger partial charge in [0, 0.05) is 35.1 Å². The van der Waals surface area contributed by atoms with Gasteiger partial charge in [-0.25, -0.2) is 4.79 Å². The molecule has 0 saturated carbocycles. The van der Waals surface area contributed by atoms with Crippen LogP contribution < -0.4 is 9.47 Å². The van der Waals surface area contributed by atoms with E-state index in [1.54, 1.807) is 61.6 Å². The Hall–Kier alpha value is -4.08. The number of amidine groups is 1. The predicted molar refractivity (Wildman–Crippen MR) is 181 cm³/mol. The van der Waals surface area contributed by atoms with Gasteiger partial charge in [0.2, 0.25) is 5.91 Å². The van der Waals surface area contributed by atoms with Gasteiger partial charge in [0.05, 0.1) is 32.4 Å². The van der Waals surface area contributed by atoms with Crippen LogP contribution in [0.25, 0.3) is 0 Å². The number of hydrogen-bond donors (Lipinski definition) is 0. The van der Waals surface area contributed by atoms with E-state index in [0.717, 1.165) is 11.1 Å². The average Bonchev–Trinajstić information content (AvgIpc) is 3.46. The number of piperazine rings is 1. The summed E-state index contributed by atoms with van der Waals surface area (Å²) < 4.78 is 11.1. The molecule has 0 spiro atoms. The molecule has 5 rings (SSSR count). The first-order valence-corrected chi connectivity index (χ1v) is 16.1. The highest BCUT2D eigenvalue weighted by Crippen LogP contribution is 2.45. The number of ketones is 1. The number of carbonyl (C=O) groups is 3. The number of hydrogen-bond acceptors (Lipinski definition) is 6. The van der Waals surface area contributed by atoms with Crippen LogP contribution >= 0.6 is 23.2 Å². The SMILES string of the molecule is CC.COc1ccc(C2=NC(c3ccc(Cl)cc3)C(c3ccc(Cl)cc3)N2C(=O)N2CCN(CC(=O)C(C)C)C(=O)C2)c(OC)c1. The van der Waals surface area contributed by atoms with Gasteiger partial charge in [0.15, 0.2) is 5.78 Å². The van der Waals surface area contributed by atoms with Crippen LogP contribution in [0.4, 0.5) is 4.79 Å². The zero-order valence-corrected chi connectivity index (χ0v) is 28.5. The second kappa shape index (κ2) is 15.5. The number of ether oxygens (including phenoxy) is 2. The standard InChI is InChI=1S/C33H34Cl2N4O5.C2H6/c1-20(2)27(40)18-37-15-16-38(19-29(37)41)33(42)39-31(22-7-11-24(35)12-8-22)30(21-5-9-23(34)10-6-21)36-32(39)26-14-13-25(43-3)17-28(26)44-4;1-2/h5-14,17,20,30-31H,15-16,18-19H2,1-4H3;1-2H3. The van der Waals surface area contributed by atoms with Gasteiger partial charge in [0.1, 0.15) is 29.9 Å². The lowest BCUT2D eigenvalue weighted by Crippen LogP contribution is -2.57. The highest BCUT2D eigenvalue weighted by molar-refractivity contribution is 6.30. The Kier molecular flexibility index (Phi) is 11.7. The Labute approximate surface area is 280 Å². The minimum absolute atomic E-state index is 0.0210. The van der Waals surface area contributed by atoms with Crippen LogP contribution in [-0.4, -0.2) is 78.7 Å². The number of nitrogens with zero attached hydrogens (tertiary/aromatic N) is 4. The summed E-state index contributed by atoms with van der Waals surface area (Å²) in [6.07, 6.45) is 0. The van der Waals surface area contributed by atoms with E-state index in [9.17, 15) is 14.4 Å². The van der Waals surface area contributed by atoms with Crippen molar-refractivity contribution in [2.24, 2.45) is 10.9 Å². The Morgan fingerprint density at radius 3 is 2.04 bits per heavy atom. The maximum absolute atomic E-state index is 14.6. The van der Waals surface area contributed by atoms with Crippen LogP contribution in [0, 0.1) is 5.92 Å². The summed E-state index contributed by atoms with van der Waals surface area (Å²) in [6.45, 7) is 8.00. The summed E-state index contributed by atoms with van der Waals surface area (Å²) in [4.78, 5) is 50.0. The number of aliphatic imine (C=N–C) groups is 1. The van der Waals surface area contributed by atoms with E-state index in [1.807, 2.05) is 52.0 Å². The molecule has 9 nitrogen and oxygen atoms in total. The number of benzene rings is 3. The van der Waals surface area contributed by atoms with E-state index in [2.05, 4.69) is 0 Å². The van der Waals surface area contributed by atoms with E-state index in [-0.39, 0.29) is 49.8 Å². The highest BCUT2D eigenvalue weighted by Gasteiger charge is 2.45. The van der Waals surface area contributed by atoms with Crippen LogP contribution in [-0.2, 0) is 9.59 Å². The molecule has 3 aromatic carbocycles. The first-order chi connectivity index (χ1) is 22.1. The lowest BCUT2D eigenvalue weighted by molar-refractivity contribution is -0.139. The number of amides is 3. The third-order valence-electron chi connectivity index (χ3n) is 7.93. The lowest BCUT2D eigenvalue weighted by Gasteiger charge is -2.38. The van der Waals surface area contributed by atoms with Crippen molar-refractivity contribution in [2.75, 3.05) is 40.4 Å². The fourth-order valence-corrected chi connectivity index (χ4v) is 5.65. The number of urea groups is 1. The minimum atomic E-state index is -0.585. The smallest absolute Gasteiger partial charge is 0.326 e. The number of carbonyl (C=O) groups excluding carboxylic acids is 3. The van der Waals surface area contributed by atoms with Gasteiger partial charge >= 0.3 is 6.03 Å². The molecule has 1 saturated heterocycles. The number of methoxy groups -OCH3 is 2. The molecule has 2 heterocycles. The summed E-state index contributed by atoms with van der Waals surface area (Å²) in [6, 6.07) is 18.5. The van der Waals surface area contributed by atoms with Crippen molar-refractivity contribution < 1.29 is 23.9 Å². The predicted octanol–water partition coefficient (Wildman–Crippen LogP) is 7.07. The first-order valence-electron chi connectivity index (χ1n) is 15.3. The van der Waals surface area contributed by atoms with Gasteiger partial charge in [-0.2, -0.15) is 0 Å². The first kappa shape index (κ1) is 34.8. The molecule has 1 fully saturated rings. The minimum Gasteiger partial charge on any atom is -0.497 e. The van der Waals surface area contributed by atoms with E-state index in [1.165, 1.54) is 9.80 Å². The zero-order valence-electron chi connectivity index (χ0n) is 27.0. The molecule has 2 unspecified atom stereocenters. The Bertz CT molecular complexity index is 1580. The summed E-state index contributed by atoms with van der Waals surface area (Å²) in [5.74, 6) is 0.960. The van der Waals surface area contributed by atoms with E-state index in [4.69, 9.17) is 37.7 Å². The van der Waals surface area contributed by atoms with Crippen molar-refractivity contribution in [3.63, 3.8) is 0 Å². The normalized spacial score (nSPS) is 17.8. The third-order valence-corrected chi connectivity index (χ3v) is 8.43. The number of Topliss-reactive ketones (excluding diaryl/α,β-unsaturated/α-hetero) is 1. The summed E-state index contributed by atoms with van der Waals surface area (Å²) in [7, 11) is 3.11. The number of rotatable bonds is 8. The van der Waals surface area contributed by atoms with Gasteiger partial charge in [-0.05, 0) is 47.5 Å². The van der Waals surface area contributed by atoms with Crippen molar-refractivity contribution in [1.29, 1.82) is 0 Å². The topological polar surface area (TPSA) is 91.8 Å².